The summed E-state index contributed by atoms with van der Waals surface area (Å²) in [6.07, 6.45) is 0. The molecule has 0 fully saturated rings. The molecule has 0 aliphatic rings. The van der Waals surface area contributed by atoms with E-state index in [0.29, 0.717) is 26.7 Å². The van der Waals surface area contributed by atoms with Gasteiger partial charge in [0.05, 0.1) is 22.0 Å². The Hall–Kier alpha value is 0.230. The highest BCUT2D eigenvalue weighted by Gasteiger charge is 2.20. The lowest BCUT2D eigenvalue weighted by Crippen LogP contribution is -2.16. The molecule has 1 aromatic rings. The maximum absolute atomic E-state index is 11.9. The summed E-state index contributed by atoms with van der Waals surface area (Å²) >= 11 is 18.3. The third-order valence-corrected chi connectivity index (χ3v) is 4.79. The van der Waals surface area contributed by atoms with Crippen LogP contribution in [-0.2, 0) is 0 Å². The van der Waals surface area contributed by atoms with E-state index in [1.807, 2.05) is 0 Å². The van der Waals surface area contributed by atoms with Gasteiger partial charge in [0, 0.05) is 10.9 Å². The van der Waals surface area contributed by atoms with Crippen molar-refractivity contribution in [2.45, 2.75) is 4.83 Å². The zero-order valence-corrected chi connectivity index (χ0v) is 13.0. The van der Waals surface area contributed by atoms with Crippen molar-refractivity contribution in [2.24, 2.45) is 0 Å². The maximum atomic E-state index is 11.9. The first-order chi connectivity index (χ1) is 7.51. The van der Waals surface area contributed by atoms with Crippen LogP contribution in [0.5, 0.6) is 5.75 Å². The van der Waals surface area contributed by atoms with Crippen LogP contribution >= 0.6 is 55.1 Å². The van der Waals surface area contributed by atoms with Crippen molar-refractivity contribution in [3.63, 3.8) is 0 Å². The van der Waals surface area contributed by atoms with E-state index in [1.165, 1.54) is 13.2 Å². The molecule has 0 spiro atoms. The summed E-state index contributed by atoms with van der Waals surface area (Å²) in [4.78, 5) is 11.6. The normalized spacial score (nSPS) is 12.3. The summed E-state index contributed by atoms with van der Waals surface area (Å²) < 4.78 is 5.03. The molecule has 0 N–H and O–H groups in total. The summed E-state index contributed by atoms with van der Waals surface area (Å²) in [5.41, 5.74) is 0.393. The van der Waals surface area contributed by atoms with Crippen LogP contribution in [-0.4, -0.2) is 23.1 Å². The van der Waals surface area contributed by atoms with Crippen molar-refractivity contribution in [1.82, 2.24) is 0 Å². The lowest BCUT2D eigenvalue weighted by Gasteiger charge is -2.10. The average molecular weight is 391 g/mol. The molecule has 88 valence electrons. The van der Waals surface area contributed by atoms with Gasteiger partial charge in [-0.3, -0.25) is 4.79 Å². The van der Waals surface area contributed by atoms with Gasteiger partial charge in [0.2, 0.25) is 0 Å². The Morgan fingerprint density at radius 2 is 2.06 bits per heavy atom. The first-order valence-corrected chi connectivity index (χ1v) is 7.07. The number of Topliss-reactive ketones (excluding diaryl/α,β-unsaturated/α-hetero) is 1. The molecule has 2 nitrogen and oxygen atoms in total. The van der Waals surface area contributed by atoms with Gasteiger partial charge in [-0.2, -0.15) is 0 Å². The van der Waals surface area contributed by atoms with Crippen LogP contribution in [0.25, 0.3) is 0 Å². The third kappa shape index (κ3) is 3.13. The topological polar surface area (TPSA) is 26.3 Å². The number of rotatable bonds is 4. The molecule has 16 heavy (non-hydrogen) atoms. The van der Waals surface area contributed by atoms with Gasteiger partial charge in [0.15, 0.2) is 5.78 Å². The number of methoxy groups -OCH3 is 1. The number of hydrogen-bond acceptors (Lipinski definition) is 2. The fraction of sp³-hybridized carbons (Fsp3) is 0.300. The number of benzene rings is 1. The molecule has 0 aliphatic carbocycles. The molecule has 0 heterocycles. The second-order valence-electron chi connectivity index (χ2n) is 2.95. The highest BCUT2D eigenvalue weighted by atomic mass is 79.9. The van der Waals surface area contributed by atoms with Crippen LogP contribution in [0.4, 0.5) is 0 Å². The molecule has 1 atom stereocenters. The minimum atomic E-state index is -0.323. The van der Waals surface area contributed by atoms with Crippen LogP contribution in [0.3, 0.4) is 0 Å². The van der Waals surface area contributed by atoms with Crippen LogP contribution < -0.4 is 4.74 Å². The van der Waals surface area contributed by atoms with Gasteiger partial charge < -0.3 is 4.74 Å². The predicted octanol–water partition coefficient (Wildman–Crippen LogP) is 4.34. The minimum absolute atomic E-state index is 0.114. The van der Waals surface area contributed by atoms with Crippen molar-refractivity contribution in [2.75, 3.05) is 12.4 Å². The zero-order valence-electron chi connectivity index (χ0n) is 8.27. The van der Waals surface area contributed by atoms with Crippen molar-refractivity contribution < 1.29 is 9.53 Å². The Bertz CT molecular complexity index is 410. The quantitative estimate of drug-likeness (QED) is 0.564. The molecular weight excluding hydrogens is 383 g/mol. The molecule has 1 unspecified atom stereocenters. The highest BCUT2D eigenvalue weighted by Crippen LogP contribution is 2.32. The number of carbonyl (C=O) groups is 1. The van der Waals surface area contributed by atoms with E-state index in [9.17, 15) is 4.79 Å². The number of hydrogen-bond donors (Lipinski definition) is 0. The zero-order chi connectivity index (χ0) is 12.3. The third-order valence-electron chi connectivity index (χ3n) is 1.93. The van der Waals surface area contributed by atoms with E-state index in [1.54, 1.807) is 6.07 Å². The Morgan fingerprint density at radius 1 is 1.44 bits per heavy atom. The maximum Gasteiger partial charge on any atom is 0.178 e. The number of carbonyl (C=O) groups excluding carboxylic acids is 1. The van der Waals surface area contributed by atoms with Crippen LogP contribution in [0.2, 0.25) is 10.0 Å². The van der Waals surface area contributed by atoms with Crippen molar-refractivity contribution in [3.8, 4) is 5.75 Å². The molecule has 0 aliphatic heterocycles. The van der Waals surface area contributed by atoms with E-state index in [2.05, 4.69) is 31.9 Å². The molecule has 0 amide bonds. The molecule has 1 rings (SSSR count). The largest absolute Gasteiger partial charge is 0.495 e. The van der Waals surface area contributed by atoms with Crippen molar-refractivity contribution >= 4 is 60.8 Å². The SMILES string of the molecule is COc1cc(C(=O)C(Br)CBr)c(Cl)cc1Cl. The summed E-state index contributed by atoms with van der Waals surface area (Å²) in [6.45, 7) is 0. The summed E-state index contributed by atoms with van der Waals surface area (Å²) in [5.74, 6) is 0.320. The highest BCUT2D eigenvalue weighted by molar-refractivity contribution is 9.12. The van der Waals surface area contributed by atoms with E-state index >= 15 is 0 Å². The number of alkyl halides is 2. The fourth-order valence-corrected chi connectivity index (χ4v) is 2.21. The van der Waals surface area contributed by atoms with Crippen molar-refractivity contribution in [1.29, 1.82) is 0 Å². The smallest absolute Gasteiger partial charge is 0.178 e. The van der Waals surface area contributed by atoms with Gasteiger partial charge in [-0.1, -0.05) is 55.1 Å². The molecular formula is C10H8Br2Cl2O2. The van der Waals surface area contributed by atoms with Crippen LogP contribution in [0.1, 0.15) is 10.4 Å². The number of ketones is 1. The second kappa shape index (κ2) is 6.24. The van der Waals surface area contributed by atoms with Gasteiger partial charge in [0.1, 0.15) is 5.75 Å². The first-order valence-electron chi connectivity index (χ1n) is 4.28. The second-order valence-corrected chi connectivity index (χ2v) is 5.52. The summed E-state index contributed by atoms with van der Waals surface area (Å²) in [7, 11) is 1.49. The molecule has 1 aromatic carbocycles. The Kier molecular flexibility index (Phi) is 5.57. The van der Waals surface area contributed by atoms with Crippen LogP contribution in [0, 0.1) is 0 Å². The van der Waals surface area contributed by atoms with Gasteiger partial charge in [-0.25, -0.2) is 0 Å². The standard InChI is InChI=1S/C10H8Br2Cl2O2/c1-16-9-2-5(7(13)3-8(9)14)10(15)6(12)4-11/h2-3,6H,4H2,1H3. The lowest BCUT2D eigenvalue weighted by molar-refractivity contribution is 0.0997. The summed E-state index contributed by atoms with van der Waals surface area (Å²) in [5, 5.41) is 1.21. The minimum Gasteiger partial charge on any atom is -0.495 e. The van der Waals surface area contributed by atoms with Crippen molar-refractivity contribution in [3.05, 3.63) is 27.7 Å². The van der Waals surface area contributed by atoms with E-state index in [-0.39, 0.29) is 10.6 Å². The summed E-state index contributed by atoms with van der Waals surface area (Å²) in [6, 6.07) is 3.05. The lowest BCUT2D eigenvalue weighted by atomic mass is 10.1. The predicted molar refractivity (Wildman–Crippen MR) is 73.9 cm³/mol. The molecule has 6 heteroatoms. The molecule has 0 bridgehead atoms. The fourth-order valence-electron chi connectivity index (χ4n) is 1.11. The van der Waals surface area contributed by atoms with Gasteiger partial charge in [-0.15, -0.1) is 0 Å². The molecule has 0 radical (unpaired) electrons. The van der Waals surface area contributed by atoms with Gasteiger partial charge >= 0.3 is 0 Å². The molecule has 0 aromatic heterocycles. The Balaban J connectivity index is 3.18. The number of halogens is 4. The Labute approximate surface area is 121 Å². The Morgan fingerprint density at radius 3 is 2.56 bits per heavy atom. The first kappa shape index (κ1) is 14.3. The average Bonchev–Trinajstić information content (AvgIpc) is 2.27. The van der Waals surface area contributed by atoms with E-state index in [0.717, 1.165) is 0 Å². The van der Waals surface area contributed by atoms with Gasteiger partial charge in [-0.05, 0) is 12.1 Å². The molecule has 0 saturated carbocycles. The number of ether oxygens (including phenoxy) is 1. The van der Waals surface area contributed by atoms with Crippen LogP contribution in [0.15, 0.2) is 12.1 Å². The monoisotopic (exact) mass is 388 g/mol. The van der Waals surface area contributed by atoms with E-state index in [4.69, 9.17) is 27.9 Å². The molecule has 0 saturated heterocycles. The van der Waals surface area contributed by atoms with E-state index < -0.39 is 0 Å². The van der Waals surface area contributed by atoms with Gasteiger partial charge in [0.25, 0.3) is 0 Å².